The van der Waals surface area contributed by atoms with Crippen LogP contribution in [0.15, 0.2) is 48.5 Å². The molecule has 1 aliphatic rings. The summed E-state index contributed by atoms with van der Waals surface area (Å²) < 4.78 is 0. The monoisotopic (exact) mass is 370 g/mol. The maximum atomic E-state index is 12.5. The van der Waals surface area contributed by atoms with Crippen molar-refractivity contribution in [2.45, 2.75) is 38.6 Å². The molecule has 3 rings (SSSR count). The highest BCUT2D eigenvalue weighted by molar-refractivity contribution is 6.30. The van der Waals surface area contributed by atoms with Crippen LogP contribution in [0, 0.1) is 6.92 Å². The number of halogens is 1. The standard InChI is InChI=1S/C22H27ClN2O/c1-17-6-8-18(9-7-17)21(25-14-4-2-3-5-15-25)16-24-22(26)19-10-12-20(23)13-11-19/h6-13,21H,2-5,14-16H2,1H3,(H,24,26)/t21-/m1/s1. The van der Waals surface area contributed by atoms with Gasteiger partial charge in [0.15, 0.2) is 0 Å². The molecule has 2 aromatic rings. The Morgan fingerprint density at radius 3 is 2.23 bits per heavy atom. The van der Waals surface area contributed by atoms with E-state index in [4.69, 9.17) is 11.6 Å². The summed E-state index contributed by atoms with van der Waals surface area (Å²) in [6, 6.07) is 16.0. The van der Waals surface area contributed by atoms with Gasteiger partial charge < -0.3 is 5.32 Å². The highest BCUT2D eigenvalue weighted by Crippen LogP contribution is 2.24. The highest BCUT2D eigenvalue weighted by Gasteiger charge is 2.22. The number of nitrogens with one attached hydrogen (secondary N) is 1. The van der Waals surface area contributed by atoms with E-state index in [1.165, 1.54) is 36.8 Å². The van der Waals surface area contributed by atoms with Crippen LogP contribution in [0.2, 0.25) is 5.02 Å². The van der Waals surface area contributed by atoms with Gasteiger partial charge in [0, 0.05) is 17.1 Å². The van der Waals surface area contributed by atoms with E-state index in [9.17, 15) is 4.79 Å². The lowest BCUT2D eigenvalue weighted by molar-refractivity contribution is 0.0933. The fraction of sp³-hybridized carbons (Fsp3) is 0.409. The normalized spacial score (nSPS) is 16.7. The Morgan fingerprint density at radius 2 is 1.62 bits per heavy atom. The number of hydrogen-bond donors (Lipinski definition) is 1. The van der Waals surface area contributed by atoms with Gasteiger partial charge in [-0.2, -0.15) is 0 Å². The Hall–Kier alpha value is -1.84. The first kappa shape index (κ1) is 18.9. The lowest BCUT2D eigenvalue weighted by atomic mass is 10.0. The van der Waals surface area contributed by atoms with E-state index in [1.807, 2.05) is 0 Å². The summed E-state index contributed by atoms with van der Waals surface area (Å²) in [5, 5.41) is 3.77. The van der Waals surface area contributed by atoms with Gasteiger partial charge in [0.05, 0.1) is 6.04 Å². The van der Waals surface area contributed by atoms with Crippen LogP contribution >= 0.6 is 11.6 Å². The Bertz CT molecular complexity index is 704. The molecule has 1 fully saturated rings. The fourth-order valence-corrected chi connectivity index (χ4v) is 3.67. The average Bonchev–Trinajstić information content (AvgIpc) is 2.93. The van der Waals surface area contributed by atoms with Crippen molar-refractivity contribution in [3.8, 4) is 0 Å². The van der Waals surface area contributed by atoms with Crippen molar-refractivity contribution in [2.24, 2.45) is 0 Å². The molecule has 4 heteroatoms. The summed E-state index contributed by atoms with van der Waals surface area (Å²) in [6.07, 6.45) is 5.06. The molecule has 0 aromatic heterocycles. The zero-order chi connectivity index (χ0) is 18.4. The van der Waals surface area contributed by atoms with E-state index >= 15 is 0 Å². The largest absolute Gasteiger partial charge is 0.350 e. The number of aryl methyl sites for hydroxylation is 1. The Balaban J connectivity index is 1.73. The second-order valence-electron chi connectivity index (χ2n) is 7.09. The van der Waals surface area contributed by atoms with Crippen LogP contribution in [-0.4, -0.2) is 30.4 Å². The van der Waals surface area contributed by atoms with Gasteiger partial charge in [-0.25, -0.2) is 0 Å². The summed E-state index contributed by atoms with van der Waals surface area (Å²) >= 11 is 5.92. The molecule has 0 bridgehead atoms. The van der Waals surface area contributed by atoms with Crippen molar-refractivity contribution in [1.82, 2.24) is 10.2 Å². The lowest BCUT2D eigenvalue weighted by Gasteiger charge is -2.31. The Kier molecular flexibility index (Phi) is 6.70. The van der Waals surface area contributed by atoms with Crippen molar-refractivity contribution in [3.05, 3.63) is 70.2 Å². The van der Waals surface area contributed by atoms with Gasteiger partial charge in [-0.15, -0.1) is 0 Å². The molecule has 1 heterocycles. The van der Waals surface area contributed by atoms with Crippen molar-refractivity contribution < 1.29 is 4.79 Å². The molecule has 138 valence electrons. The zero-order valence-electron chi connectivity index (χ0n) is 15.4. The molecule has 1 aliphatic heterocycles. The number of carbonyl (C=O) groups is 1. The second-order valence-corrected chi connectivity index (χ2v) is 7.53. The minimum Gasteiger partial charge on any atom is -0.350 e. The molecule has 0 spiro atoms. The topological polar surface area (TPSA) is 32.3 Å². The predicted octanol–water partition coefficient (Wildman–Crippen LogP) is 5.00. The number of carbonyl (C=O) groups excluding carboxylic acids is 1. The summed E-state index contributed by atoms with van der Waals surface area (Å²) in [7, 11) is 0. The van der Waals surface area contributed by atoms with Crippen LogP contribution in [0.1, 0.15) is 53.2 Å². The lowest BCUT2D eigenvalue weighted by Crippen LogP contribution is -2.38. The van der Waals surface area contributed by atoms with Crippen LogP contribution < -0.4 is 5.32 Å². The SMILES string of the molecule is Cc1ccc([C@@H](CNC(=O)c2ccc(Cl)cc2)N2CCCCCC2)cc1. The van der Waals surface area contributed by atoms with Crippen LogP contribution in [-0.2, 0) is 0 Å². The minimum atomic E-state index is -0.0476. The van der Waals surface area contributed by atoms with Gasteiger partial charge in [0.2, 0.25) is 0 Å². The molecular weight excluding hydrogens is 344 g/mol. The van der Waals surface area contributed by atoms with E-state index in [0.29, 0.717) is 17.1 Å². The van der Waals surface area contributed by atoms with Crippen LogP contribution in [0.5, 0.6) is 0 Å². The smallest absolute Gasteiger partial charge is 0.251 e. The van der Waals surface area contributed by atoms with Crippen molar-refractivity contribution in [1.29, 1.82) is 0 Å². The highest BCUT2D eigenvalue weighted by atomic mass is 35.5. The molecule has 1 N–H and O–H groups in total. The number of benzene rings is 2. The van der Waals surface area contributed by atoms with Crippen LogP contribution in [0.3, 0.4) is 0 Å². The molecule has 0 saturated carbocycles. The molecule has 3 nitrogen and oxygen atoms in total. The van der Waals surface area contributed by atoms with Gasteiger partial charge in [-0.3, -0.25) is 9.69 Å². The van der Waals surface area contributed by atoms with Gasteiger partial charge in [-0.05, 0) is 62.7 Å². The molecule has 0 unspecified atom stereocenters. The molecule has 1 atom stereocenters. The molecule has 0 aliphatic carbocycles. The number of likely N-dealkylation sites (tertiary alicyclic amines) is 1. The number of hydrogen-bond acceptors (Lipinski definition) is 2. The minimum absolute atomic E-state index is 0.0476. The van der Waals surface area contributed by atoms with Gasteiger partial charge in [0.25, 0.3) is 5.91 Å². The van der Waals surface area contributed by atoms with Gasteiger partial charge in [-0.1, -0.05) is 54.3 Å². The summed E-state index contributed by atoms with van der Waals surface area (Å²) in [4.78, 5) is 15.1. The summed E-state index contributed by atoms with van der Waals surface area (Å²) in [5.74, 6) is -0.0476. The first-order valence-corrected chi connectivity index (χ1v) is 9.85. The van der Waals surface area contributed by atoms with E-state index in [2.05, 4.69) is 41.4 Å². The van der Waals surface area contributed by atoms with E-state index < -0.39 is 0 Å². The number of amides is 1. The summed E-state index contributed by atoms with van der Waals surface area (Å²) in [5.41, 5.74) is 3.18. The van der Waals surface area contributed by atoms with Crippen molar-refractivity contribution in [2.75, 3.05) is 19.6 Å². The number of rotatable bonds is 5. The third-order valence-corrected chi connectivity index (χ3v) is 5.36. The van der Waals surface area contributed by atoms with Crippen LogP contribution in [0.25, 0.3) is 0 Å². The van der Waals surface area contributed by atoms with Gasteiger partial charge in [0.1, 0.15) is 0 Å². The molecule has 1 saturated heterocycles. The van der Waals surface area contributed by atoms with Crippen molar-refractivity contribution >= 4 is 17.5 Å². The maximum absolute atomic E-state index is 12.5. The van der Waals surface area contributed by atoms with E-state index in [1.54, 1.807) is 24.3 Å². The maximum Gasteiger partial charge on any atom is 0.251 e. The molecule has 2 aromatic carbocycles. The second kappa shape index (κ2) is 9.20. The van der Waals surface area contributed by atoms with Gasteiger partial charge >= 0.3 is 0 Å². The van der Waals surface area contributed by atoms with Crippen molar-refractivity contribution in [3.63, 3.8) is 0 Å². The third-order valence-electron chi connectivity index (χ3n) is 5.11. The zero-order valence-corrected chi connectivity index (χ0v) is 16.1. The Labute approximate surface area is 161 Å². The molecule has 0 radical (unpaired) electrons. The van der Waals surface area contributed by atoms with Crippen LogP contribution in [0.4, 0.5) is 0 Å². The number of nitrogens with zero attached hydrogens (tertiary/aromatic N) is 1. The predicted molar refractivity (Wildman–Crippen MR) is 108 cm³/mol. The summed E-state index contributed by atoms with van der Waals surface area (Å²) in [6.45, 7) is 4.91. The third kappa shape index (κ3) is 5.09. The quantitative estimate of drug-likeness (QED) is 0.803. The molecule has 26 heavy (non-hydrogen) atoms. The Morgan fingerprint density at radius 1 is 1.00 bits per heavy atom. The fourth-order valence-electron chi connectivity index (χ4n) is 3.55. The molecule has 1 amide bonds. The van der Waals surface area contributed by atoms with E-state index in [0.717, 1.165) is 13.1 Å². The van der Waals surface area contributed by atoms with E-state index in [-0.39, 0.29) is 11.9 Å². The first-order chi connectivity index (χ1) is 12.6. The molecular formula is C22H27ClN2O. The first-order valence-electron chi connectivity index (χ1n) is 9.48. The average molecular weight is 371 g/mol.